The van der Waals surface area contributed by atoms with Crippen molar-refractivity contribution in [3.63, 3.8) is 0 Å². The van der Waals surface area contributed by atoms with E-state index in [1.807, 2.05) is 0 Å². The molecule has 0 unspecified atom stereocenters. The summed E-state index contributed by atoms with van der Waals surface area (Å²) in [5.74, 6) is -0.750. The highest BCUT2D eigenvalue weighted by Gasteiger charge is 2.13. The molecule has 0 spiro atoms. The Bertz CT molecular complexity index is 597. The summed E-state index contributed by atoms with van der Waals surface area (Å²) in [5, 5.41) is 2.57. The van der Waals surface area contributed by atoms with Crippen LogP contribution in [0, 0.1) is 5.82 Å². The highest BCUT2D eigenvalue weighted by molar-refractivity contribution is 9.10. The van der Waals surface area contributed by atoms with Crippen LogP contribution >= 0.6 is 15.9 Å². The van der Waals surface area contributed by atoms with Crippen LogP contribution in [0.2, 0.25) is 0 Å². The number of carbonyl (C=O) groups excluding carboxylic acids is 1. The van der Waals surface area contributed by atoms with E-state index in [1.54, 1.807) is 13.0 Å². The molecule has 1 aromatic carbocycles. The Balaban J connectivity index is 2.14. The van der Waals surface area contributed by atoms with Crippen molar-refractivity contribution < 1.29 is 18.3 Å². The summed E-state index contributed by atoms with van der Waals surface area (Å²) in [5.41, 5.74) is 0.688. The Morgan fingerprint density at radius 1 is 1.47 bits per heavy atom. The molecule has 0 bridgehead atoms. The Morgan fingerprint density at radius 2 is 2.26 bits per heavy atom. The van der Waals surface area contributed by atoms with Gasteiger partial charge in [-0.05, 0) is 41.1 Å². The van der Waals surface area contributed by atoms with Crippen LogP contribution < -0.4 is 10.1 Å². The van der Waals surface area contributed by atoms with Gasteiger partial charge in [0.1, 0.15) is 0 Å². The van der Waals surface area contributed by atoms with Crippen molar-refractivity contribution in [2.75, 3.05) is 11.9 Å². The molecule has 2 rings (SSSR count). The molecule has 0 atom stereocenters. The first kappa shape index (κ1) is 13.6. The molecule has 0 fully saturated rings. The molecular weight excluding hydrogens is 317 g/mol. The number of anilines is 1. The summed E-state index contributed by atoms with van der Waals surface area (Å²) < 4.78 is 24.0. The number of hydrogen-bond acceptors (Lipinski definition) is 3. The van der Waals surface area contributed by atoms with Gasteiger partial charge in [-0.25, -0.2) is 4.39 Å². The van der Waals surface area contributed by atoms with Crippen molar-refractivity contribution in [3.8, 4) is 5.75 Å². The first-order chi connectivity index (χ1) is 9.11. The molecule has 0 aliphatic rings. The van der Waals surface area contributed by atoms with E-state index in [0.717, 1.165) is 0 Å². The first-order valence-corrected chi connectivity index (χ1v) is 6.37. The SMILES string of the molecule is CCOc1ccc(NC(=O)c2ccoc2Br)cc1F. The standard InChI is InChI=1S/C13H11BrFNO3/c1-2-18-11-4-3-8(7-10(11)15)16-13(17)9-5-6-19-12(9)14/h3-7H,2H2,1H3,(H,16,17). The fourth-order valence-corrected chi connectivity index (χ4v) is 1.93. The summed E-state index contributed by atoms with van der Waals surface area (Å²) in [7, 11) is 0. The van der Waals surface area contributed by atoms with Crippen molar-refractivity contribution >= 4 is 27.5 Å². The number of furan rings is 1. The van der Waals surface area contributed by atoms with E-state index in [0.29, 0.717) is 22.5 Å². The highest BCUT2D eigenvalue weighted by Crippen LogP contribution is 2.23. The van der Waals surface area contributed by atoms with Gasteiger partial charge in [-0.3, -0.25) is 4.79 Å². The van der Waals surface area contributed by atoms with Crippen LogP contribution in [0.3, 0.4) is 0 Å². The van der Waals surface area contributed by atoms with Crippen LogP contribution in [0.1, 0.15) is 17.3 Å². The molecule has 1 aromatic heterocycles. The van der Waals surface area contributed by atoms with Crippen LogP contribution in [0.4, 0.5) is 10.1 Å². The second kappa shape index (κ2) is 5.88. The van der Waals surface area contributed by atoms with Gasteiger partial charge in [0.2, 0.25) is 0 Å². The third kappa shape index (κ3) is 3.14. The zero-order valence-electron chi connectivity index (χ0n) is 10.1. The van der Waals surface area contributed by atoms with Gasteiger partial charge in [-0.2, -0.15) is 0 Å². The summed E-state index contributed by atoms with van der Waals surface area (Å²) in [6.07, 6.45) is 1.39. The molecule has 0 saturated heterocycles. The average Bonchev–Trinajstić information content (AvgIpc) is 2.79. The van der Waals surface area contributed by atoms with Gasteiger partial charge in [0, 0.05) is 11.8 Å². The summed E-state index contributed by atoms with van der Waals surface area (Å²) in [6, 6.07) is 5.76. The molecule has 0 aliphatic carbocycles. The van der Waals surface area contributed by atoms with Crippen molar-refractivity contribution in [3.05, 3.63) is 46.6 Å². The lowest BCUT2D eigenvalue weighted by atomic mass is 10.2. The number of rotatable bonds is 4. The number of carbonyl (C=O) groups is 1. The number of amides is 1. The number of halogens is 2. The second-order valence-corrected chi connectivity index (χ2v) is 4.36. The molecule has 0 radical (unpaired) electrons. The lowest BCUT2D eigenvalue weighted by Gasteiger charge is -2.07. The monoisotopic (exact) mass is 327 g/mol. The molecule has 1 heterocycles. The van der Waals surface area contributed by atoms with E-state index in [4.69, 9.17) is 9.15 Å². The topological polar surface area (TPSA) is 51.5 Å². The van der Waals surface area contributed by atoms with Crippen LogP contribution in [-0.2, 0) is 0 Å². The number of hydrogen-bond donors (Lipinski definition) is 1. The molecule has 4 nitrogen and oxygen atoms in total. The van der Waals surface area contributed by atoms with Crippen LogP contribution in [-0.4, -0.2) is 12.5 Å². The average molecular weight is 328 g/mol. The lowest BCUT2D eigenvalue weighted by molar-refractivity contribution is 0.102. The van der Waals surface area contributed by atoms with Gasteiger partial charge in [0.15, 0.2) is 16.2 Å². The molecular formula is C13H11BrFNO3. The second-order valence-electron chi connectivity index (χ2n) is 3.64. The van der Waals surface area contributed by atoms with E-state index < -0.39 is 5.82 Å². The summed E-state index contributed by atoms with van der Waals surface area (Å²) in [4.78, 5) is 11.9. The van der Waals surface area contributed by atoms with Crippen molar-refractivity contribution in [1.82, 2.24) is 0 Å². The van der Waals surface area contributed by atoms with Crippen molar-refractivity contribution in [1.29, 1.82) is 0 Å². The fourth-order valence-electron chi connectivity index (χ4n) is 1.51. The molecule has 0 aliphatic heterocycles. The quantitative estimate of drug-likeness (QED) is 0.928. The molecule has 0 saturated carbocycles. The van der Waals surface area contributed by atoms with Crippen LogP contribution in [0.25, 0.3) is 0 Å². The lowest BCUT2D eigenvalue weighted by Crippen LogP contribution is -2.11. The Hall–Kier alpha value is -1.82. The third-order valence-corrected chi connectivity index (χ3v) is 2.97. The first-order valence-electron chi connectivity index (χ1n) is 5.58. The normalized spacial score (nSPS) is 10.3. The van der Waals surface area contributed by atoms with Crippen molar-refractivity contribution in [2.24, 2.45) is 0 Å². The van der Waals surface area contributed by atoms with Crippen molar-refractivity contribution in [2.45, 2.75) is 6.92 Å². The third-order valence-electron chi connectivity index (χ3n) is 2.35. The number of benzene rings is 1. The number of ether oxygens (including phenoxy) is 1. The molecule has 2 aromatic rings. The zero-order chi connectivity index (χ0) is 13.8. The number of nitrogens with one attached hydrogen (secondary N) is 1. The summed E-state index contributed by atoms with van der Waals surface area (Å²) in [6.45, 7) is 2.15. The van der Waals surface area contributed by atoms with Gasteiger partial charge in [-0.1, -0.05) is 0 Å². The molecule has 1 amide bonds. The largest absolute Gasteiger partial charge is 0.491 e. The highest BCUT2D eigenvalue weighted by atomic mass is 79.9. The molecule has 100 valence electrons. The van der Waals surface area contributed by atoms with Gasteiger partial charge in [-0.15, -0.1) is 0 Å². The maximum absolute atomic E-state index is 13.6. The predicted molar refractivity (Wildman–Crippen MR) is 71.9 cm³/mol. The maximum atomic E-state index is 13.6. The van der Waals surface area contributed by atoms with E-state index >= 15 is 0 Å². The van der Waals surface area contributed by atoms with Gasteiger partial charge >= 0.3 is 0 Å². The van der Waals surface area contributed by atoms with Crippen LogP contribution in [0.5, 0.6) is 5.75 Å². The fraction of sp³-hybridized carbons (Fsp3) is 0.154. The molecule has 19 heavy (non-hydrogen) atoms. The van der Waals surface area contributed by atoms with E-state index in [-0.39, 0.29) is 11.7 Å². The minimum Gasteiger partial charge on any atom is -0.491 e. The van der Waals surface area contributed by atoms with Gasteiger partial charge in [0.05, 0.1) is 18.4 Å². The Morgan fingerprint density at radius 3 is 2.84 bits per heavy atom. The van der Waals surface area contributed by atoms with Gasteiger partial charge < -0.3 is 14.5 Å². The predicted octanol–water partition coefficient (Wildman–Crippen LogP) is 3.83. The molecule has 6 heteroatoms. The van der Waals surface area contributed by atoms with E-state index in [9.17, 15) is 9.18 Å². The Kier molecular flexibility index (Phi) is 4.21. The minimum atomic E-state index is -0.522. The van der Waals surface area contributed by atoms with E-state index in [2.05, 4.69) is 21.2 Å². The maximum Gasteiger partial charge on any atom is 0.260 e. The minimum absolute atomic E-state index is 0.157. The van der Waals surface area contributed by atoms with E-state index in [1.165, 1.54) is 24.5 Å². The smallest absolute Gasteiger partial charge is 0.260 e. The zero-order valence-corrected chi connectivity index (χ0v) is 11.7. The van der Waals surface area contributed by atoms with Gasteiger partial charge in [0.25, 0.3) is 5.91 Å². The summed E-state index contributed by atoms with van der Waals surface area (Å²) >= 11 is 3.11. The Labute approximate surface area is 117 Å². The van der Waals surface area contributed by atoms with Crippen LogP contribution in [0.15, 0.2) is 39.6 Å². The molecule has 1 N–H and O–H groups in total.